The van der Waals surface area contributed by atoms with E-state index in [1.165, 1.54) is 56.1 Å². The zero-order valence-corrected chi connectivity index (χ0v) is 10.8. The van der Waals surface area contributed by atoms with Crippen molar-refractivity contribution in [3.8, 4) is 0 Å². The number of quaternary nitrogens is 1. The monoisotopic (exact) mass is 210 g/mol. The summed E-state index contributed by atoms with van der Waals surface area (Å²) in [7, 11) is 0. The minimum absolute atomic E-state index is 0.916. The molecule has 2 aliphatic rings. The Morgan fingerprint density at radius 1 is 0.933 bits per heavy atom. The van der Waals surface area contributed by atoms with E-state index in [0.29, 0.717) is 0 Å². The minimum atomic E-state index is 0.916. The number of rotatable bonds is 2. The van der Waals surface area contributed by atoms with Gasteiger partial charge in [0.2, 0.25) is 0 Å². The third-order valence-electron chi connectivity index (χ3n) is 5.54. The Labute approximate surface area is 95.4 Å². The van der Waals surface area contributed by atoms with E-state index in [2.05, 4.69) is 20.8 Å². The standard InChI is InChI=1S/C14H28N/c1-4-15(5-2)12(3)10-11-13-8-6-7-9-14(13)15/h12-14H,4-11H2,1-3H3/q+1. The first-order chi connectivity index (χ1) is 7.24. The van der Waals surface area contributed by atoms with Gasteiger partial charge < -0.3 is 4.48 Å². The molecule has 3 unspecified atom stereocenters. The molecule has 1 nitrogen and oxygen atoms in total. The molecule has 1 aliphatic carbocycles. The van der Waals surface area contributed by atoms with Crippen molar-refractivity contribution in [1.82, 2.24) is 0 Å². The summed E-state index contributed by atoms with van der Waals surface area (Å²) in [5.74, 6) is 1.06. The molecule has 15 heavy (non-hydrogen) atoms. The molecule has 0 amide bonds. The maximum absolute atomic E-state index is 2.50. The maximum atomic E-state index is 2.50. The van der Waals surface area contributed by atoms with Gasteiger partial charge in [-0.25, -0.2) is 0 Å². The van der Waals surface area contributed by atoms with Gasteiger partial charge in [-0.15, -0.1) is 0 Å². The molecule has 1 heteroatoms. The first kappa shape index (κ1) is 11.4. The molecular formula is C14H28N+. The fraction of sp³-hybridized carbons (Fsp3) is 1.00. The number of hydrogen-bond donors (Lipinski definition) is 0. The lowest BCUT2D eigenvalue weighted by atomic mass is 9.74. The molecule has 88 valence electrons. The van der Waals surface area contributed by atoms with Crippen LogP contribution in [0.2, 0.25) is 0 Å². The Morgan fingerprint density at radius 2 is 1.60 bits per heavy atom. The molecule has 0 aromatic rings. The number of fused-ring (bicyclic) bond motifs is 1. The Hall–Kier alpha value is -0.0400. The highest BCUT2D eigenvalue weighted by Gasteiger charge is 2.47. The van der Waals surface area contributed by atoms with Crippen LogP contribution in [0.25, 0.3) is 0 Å². The van der Waals surface area contributed by atoms with Gasteiger partial charge in [0.05, 0.1) is 25.2 Å². The van der Waals surface area contributed by atoms with Crippen LogP contribution in [-0.2, 0) is 0 Å². The van der Waals surface area contributed by atoms with Crippen LogP contribution in [0.1, 0.15) is 59.3 Å². The van der Waals surface area contributed by atoms with Crippen LogP contribution < -0.4 is 0 Å². The van der Waals surface area contributed by atoms with Crippen LogP contribution in [0.3, 0.4) is 0 Å². The van der Waals surface area contributed by atoms with Crippen LogP contribution >= 0.6 is 0 Å². The molecule has 0 N–H and O–H groups in total. The Morgan fingerprint density at radius 3 is 2.27 bits per heavy atom. The number of hydrogen-bond acceptors (Lipinski definition) is 0. The van der Waals surface area contributed by atoms with Gasteiger partial charge in [-0.1, -0.05) is 6.42 Å². The molecule has 0 spiro atoms. The summed E-state index contributed by atoms with van der Waals surface area (Å²) in [4.78, 5) is 0. The molecule has 1 saturated carbocycles. The predicted molar refractivity (Wildman–Crippen MR) is 65.8 cm³/mol. The molecule has 1 heterocycles. The van der Waals surface area contributed by atoms with Crippen molar-refractivity contribution in [2.24, 2.45) is 5.92 Å². The summed E-state index contributed by atoms with van der Waals surface area (Å²) in [6.45, 7) is 10.0. The number of piperidine rings is 1. The minimum Gasteiger partial charge on any atom is -0.319 e. The zero-order chi connectivity index (χ0) is 10.9. The molecule has 0 bridgehead atoms. The van der Waals surface area contributed by atoms with Crippen LogP contribution in [0.4, 0.5) is 0 Å². The second-order valence-corrected chi connectivity index (χ2v) is 5.77. The average Bonchev–Trinajstić information content (AvgIpc) is 2.30. The van der Waals surface area contributed by atoms with Crippen molar-refractivity contribution >= 4 is 0 Å². The van der Waals surface area contributed by atoms with Crippen LogP contribution in [-0.4, -0.2) is 29.7 Å². The molecule has 1 saturated heterocycles. The quantitative estimate of drug-likeness (QED) is 0.611. The molecular weight excluding hydrogens is 182 g/mol. The van der Waals surface area contributed by atoms with Crippen molar-refractivity contribution in [3.63, 3.8) is 0 Å². The summed E-state index contributed by atoms with van der Waals surface area (Å²) in [6.07, 6.45) is 9.03. The maximum Gasteiger partial charge on any atom is 0.0920 e. The van der Waals surface area contributed by atoms with Crippen molar-refractivity contribution in [1.29, 1.82) is 0 Å². The van der Waals surface area contributed by atoms with Gasteiger partial charge >= 0.3 is 0 Å². The molecule has 2 fully saturated rings. The van der Waals surface area contributed by atoms with E-state index in [4.69, 9.17) is 0 Å². The fourth-order valence-corrected chi connectivity index (χ4v) is 4.56. The highest BCUT2D eigenvalue weighted by Crippen LogP contribution is 2.42. The summed E-state index contributed by atoms with van der Waals surface area (Å²) in [5, 5.41) is 0. The molecule has 0 aromatic heterocycles. The first-order valence-corrected chi connectivity index (χ1v) is 7.11. The third kappa shape index (κ3) is 1.73. The molecule has 0 aromatic carbocycles. The third-order valence-corrected chi connectivity index (χ3v) is 5.54. The van der Waals surface area contributed by atoms with E-state index >= 15 is 0 Å². The van der Waals surface area contributed by atoms with Crippen LogP contribution in [0.5, 0.6) is 0 Å². The van der Waals surface area contributed by atoms with E-state index in [9.17, 15) is 0 Å². The van der Waals surface area contributed by atoms with Gasteiger partial charge in [0.1, 0.15) is 0 Å². The van der Waals surface area contributed by atoms with Gasteiger partial charge in [-0.2, -0.15) is 0 Å². The Kier molecular flexibility index (Phi) is 3.39. The van der Waals surface area contributed by atoms with E-state index in [1.54, 1.807) is 0 Å². The van der Waals surface area contributed by atoms with Crippen molar-refractivity contribution in [2.75, 3.05) is 13.1 Å². The molecule has 0 radical (unpaired) electrons. The highest BCUT2D eigenvalue weighted by atomic mass is 15.4. The first-order valence-electron chi connectivity index (χ1n) is 7.11. The van der Waals surface area contributed by atoms with E-state index in [1.807, 2.05) is 0 Å². The van der Waals surface area contributed by atoms with Crippen molar-refractivity contribution in [3.05, 3.63) is 0 Å². The zero-order valence-electron chi connectivity index (χ0n) is 10.8. The van der Waals surface area contributed by atoms with Crippen molar-refractivity contribution in [2.45, 2.75) is 71.4 Å². The lowest BCUT2D eigenvalue weighted by Crippen LogP contribution is -2.65. The largest absolute Gasteiger partial charge is 0.319 e. The second-order valence-electron chi connectivity index (χ2n) is 5.77. The van der Waals surface area contributed by atoms with Gasteiger partial charge in [-0.05, 0) is 52.9 Å². The SMILES string of the molecule is CC[N+]1(CC)C(C)CCC2CCCCC21. The predicted octanol–water partition coefficient (Wildman–Crippen LogP) is 3.58. The van der Waals surface area contributed by atoms with Crippen molar-refractivity contribution < 1.29 is 4.48 Å². The van der Waals surface area contributed by atoms with E-state index in [0.717, 1.165) is 18.0 Å². The molecule has 1 aliphatic heterocycles. The van der Waals surface area contributed by atoms with Gasteiger partial charge in [-0.3, -0.25) is 0 Å². The summed E-state index contributed by atoms with van der Waals surface area (Å²) < 4.78 is 1.44. The normalized spacial score (nSPS) is 39.8. The molecule has 3 atom stereocenters. The molecule has 2 rings (SSSR count). The Balaban J connectivity index is 2.22. The fourth-order valence-electron chi connectivity index (χ4n) is 4.56. The van der Waals surface area contributed by atoms with E-state index < -0.39 is 0 Å². The summed E-state index contributed by atoms with van der Waals surface area (Å²) >= 11 is 0. The summed E-state index contributed by atoms with van der Waals surface area (Å²) in [5.41, 5.74) is 0. The highest BCUT2D eigenvalue weighted by molar-refractivity contribution is 4.82. The lowest BCUT2D eigenvalue weighted by molar-refractivity contribution is -0.978. The average molecular weight is 210 g/mol. The summed E-state index contributed by atoms with van der Waals surface area (Å²) in [6, 6.07) is 1.93. The van der Waals surface area contributed by atoms with Crippen LogP contribution in [0, 0.1) is 5.92 Å². The van der Waals surface area contributed by atoms with Crippen LogP contribution in [0.15, 0.2) is 0 Å². The van der Waals surface area contributed by atoms with E-state index in [-0.39, 0.29) is 0 Å². The number of likely N-dealkylation sites (tertiary alicyclic amines) is 1. The van der Waals surface area contributed by atoms with Gasteiger partial charge in [0.15, 0.2) is 0 Å². The smallest absolute Gasteiger partial charge is 0.0920 e. The topological polar surface area (TPSA) is 0 Å². The van der Waals surface area contributed by atoms with Gasteiger partial charge in [0.25, 0.3) is 0 Å². The second kappa shape index (κ2) is 4.45. The number of nitrogens with zero attached hydrogens (tertiary/aromatic N) is 1. The van der Waals surface area contributed by atoms with Gasteiger partial charge in [0, 0.05) is 5.92 Å². The lowest BCUT2D eigenvalue weighted by Gasteiger charge is -2.55. The Bertz CT molecular complexity index is 207.